The van der Waals surface area contributed by atoms with Crippen LogP contribution in [0.3, 0.4) is 0 Å². The first kappa shape index (κ1) is 14.0. The summed E-state index contributed by atoms with van der Waals surface area (Å²) < 4.78 is 2.28. The van der Waals surface area contributed by atoms with E-state index in [0.29, 0.717) is 6.54 Å². The monoisotopic (exact) mass is 306 g/mol. The van der Waals surface area contributed by atoms with E-state index in [0.717, 1.165) is 18.4 Å². The van der Waals surface area contributed by atoms with Crippen molar-refractivity contribution in [2.75, 3.05) is 0 Å². The highest BCUT2D eigenvalue weighted by Crippen LogP contribution is 2.32. The summed E-state index contributed by atoms with van der Waals surface area (Å²) in [4.78, 5) is 15.5. The number of hydrogen-bond acceptors (Lipinski definition) is 2. The third-order valence-corrected chi connectivity index (χ3v) is 4.71. The maximum absolute atomic E-state index is 11.4. The Hall–Kier alpha value is -2.62. The maximum Gasteiger partial charge on any atom is 0.354 e. The largest absolute Gasteiger partial charge is 0.477 e. The molecule has 0 fully saturated rings. The number of nitrogens with zero attached hydrogens (tertiary/aromatic N) is 2. The van der Waals surface area contributed by atoms with Gasteiger partial charge in [0.1, 0.15) is 0 Å². The van der Waals surface area contributed by atoms with Crippen molar-refractivity contribution in [3.63, 3.8) is 0 Å². The Labute approximate surface area is 134 Å². The highest BCUT2D eigenvalue weighted by molar-refractivity contribution is 5.88. The minimum atomic E-state index is -0.967. The van der Waals surface area contributed by atoms with Gasteiger partial charge in [-0.15, -0.1) is 0 Å². The van der Waals surface area contributed by atoms with E-state index in [1.54, 1.807) is 6.07 Å². The molecule has 2 aromatic heterocycles. The molecule has 4 heteroatoms. The molecule has 1 aromatic carbocycles. The number of aromatic nitrogens is 2. The van der Waals surface area contributed by atoms with E-state index in [9.17, 15) is 9.90 Å². The average Bonchev–Trinajstić information content (AvgIpc) is 2.90. The van der Waals surface area contributed by atoms with Crippen molar-refractivity contribution in [2.24, 2.45) is 0 Å². The Morgan fingerprint density at radius 2 is 1.96 bits per heavy atom. The van der Waals surface area contributed by atoms with Gasteiger partial charge in [0.15, 0.2) is 5.69 Å². The van der Waals surface area contributed by atoms with Gasteiger partial charge in [0.25, 0.3) is 0 Å². The van der Waals surface area contributed by atoms with Crippen LogP contribution in [-0.4, -0.2) is 20.6 Å². The Balaban J connectivity index is 1.89. The Morgan fingerprint density at radius 3 is 2.83 bits per heavy atom. The first-order valence-corrected chi connectivity index (χ1v) is 8.02. The molecule has 0 unspecified atom stereocenters. The van der Waals surface area contributed by atoms with E-state index in [4.69, 9.17) is 0 Å². The quantitative estimate of drug-likeness (QED) is 0.803. The van der Waals surface area contributed by atoms with Crippen LogP contribution in [0, 0.1) is 0 Å². The zero-order valence-electron chi connectivity index (χ0n) is 12.8. The van der Waals surface area contributed by atoms with Crippen molar-refractivity contribution in [1.29, 1.82) is 0 Å². The van der Waals surface area contributed by atoms with E-state index >= 15 is 0 Å². The number of carboxylic acids is 1. The van der Waals surface area contributed by atoms with Crippen LogP contribution in [0.2, 0.25) is 0 Å². The number of pyridine rings is 1. The van der Waals surface area contributed by atoms with E-state index in [-0.39, 0.29) is 5.69 Å². The number of benzene rings is 1. The lowest BCUT2D eigenvalue weighted by atomic mass is 9.95. The molecule has 4 nitrogen and oxygen atoms in total. The Kier molecular flexibility index (Phi) is 3.37. The second kappa shape index (κ2) is 5.54. The molecular formula is C19H18N2O2. The first-order chi connectivity index (χ1) is 11.3. The molecule has 3 aromatic rings. The molecule has 2 heterocycles. The molecule has 116 valence electrons. The van der Waals surface area contributed by atoms with Gasteiger partial charge >= 0.3 is 5.97 Å². The van der Waals surface area contributed by atoms with E-state index in [1.807, 2.05) is 12.1 Å². The lowest BCUT2D eigenvalue weighted by molar-refractivity contribution is 0.0689. The zero-order valence-corrected chi connectivity index (χ0v) is 12.8. The lowest BCUT2D eigenvalue weighted by Gasteiger charge is -2.16. The van der Waals surface area contributed by atoms with Crippen molar-refractivity contribution in [2.45, 2.75) is 32.2 Å². The van der Waals surface area contributed by atoms with Crippen molar-refractivity contribution in [3.05, 3.63) is 65.1 Å². The molecular weight excluding hydrogens is 288 g/mol. The summed E-state index contributed by atoms with van der Waals surface area (Å²) in [5.41, 5.74) is 4.90. The number of aromatic carboxylic acids is 1. The summed E-state index contributed by atoms with van der Waals surface area (Å²) in [6, 6.07) is 12.1. The molecule has 0 saturated carbocycles. The third kappa shape index (κ3) is 2.31. The first-order valence-electron chi connectivity index (χ1n) is 8.02. The van der Waals surface area contributed by atoms with E-state index < -0.39 is 5.97 Å². The van der Waals surface area contributed by atoms with Crippen LogP contribution in [0.1, 0.15) is 40.2 Å². The number of carboxylic acid groups (broad SMARTS) is 1. The van der Waals surface area contributed by atoms with Crippen molar-refractivity contribution in [3.8, 4) is 0 Å². The summed E-state index contributed by atoms with van der Waals surface area (Å²) in [6.45, 7) is 0.561. The number of aryl methyl sites for hydroxylation is 1. The molecule has 0 aliphatic heterocycles. The molecule has 4 rings (SSSR count). The molecule has 0 atom stereocenters. The maximum atomic E-state index is 11.4. The van der Waals surface area contributed by atoms with Gasteiger partial charge in [0.2, 0.25) is 0 Å². The zero-order chi connectivity index (χ0) is 15.8. The van der Waals surface area contributed by atoms with Crippen molar-refractivity contribution in [1.82, 2.24) is 9.55 Å². The van der Waals surface area contributed by atoms with Crippen LogP contribution in [0.25, 0.3) is 10.9 Å². The van der Waals surface area contributed by atoms with Gasteiger partial charge in [-0.3, -0.25) is 0 Å². The fraction of sp³-hybridized carbons (Fsp3) is 0.263. The molecule has 1 N–H and O–H groups in total. The second-order valence-corrected chi connectivity index (χ2v) is 6.05. The summed E-state index contributed by atoms with van der Waals surface area (Å²) in [6.07, 6.45) is 6.14. The standard InChI is InChI=1S/C19H18N2O2/c22-19(23)18-13(6-5-11-20-18)12-21-16-9-3-1-7-14(16)15-8-2-4-10-17(15)21/h1,3,5-7,9,11H,2,4,8,10,12H2,(H,22,23). The van der Waals surface area contributed by atoms with Gasteiger partial charge in [-0.25, -0.2) is 9.78 Å². The minimum Gasteiger partial charge on any atom is -0.477 e. The van der Waals surface area contributed by atoms with Gasteiger partial charge in [0.05, 0.1) is 6.54 Å². The third-order valence-electron chi connectivity index (χ3n) is 4.71. The fourth-order valence-corrected chi connectivity index (χ4v) is 3.70. The molecule has 1 aliphatic rings. The minimum absolute atomic E-state index is 0.148. The number of fused-ring (bicyclic) bond motifs is 3. The van der Waals surface area contributed by atoms with Gasteiger partial charge in [-0.1, -0.05) is 24.3 Å². The average molecular weight is 306 g/mol. The predicted molar refractivity (Wildman–Crippen MR) is 88.9 cm³/mol. The Morgan fingerprint density at radius 1 is 1.13 bits per heavy atom. The van der Waals surface area contributed by atoms with Gasteiger partial charge in [-0.2, -0.15) is 0 Å². The van der Waals surface area contributed by atoms with Crippen molar-refractivity contribution < 1.29 is 9.90 Å². The van der Waals surface area contributed by atoms with Crippen LogP contribution < -0.4 is 0 Å². The van der Waals surface area contributed by atoms with Crippen LogP contribution in [0.15, 0.2) is 42.6 Å². The molecule has 0 bridgehead atoms. The normalized spacial score (nSPS) is 13.9. The van der Waals surface area contributed by atoms with Crippen molar-refractivity contribution >= 4 is 16.9 Å². The van der Waals surface area contributed by atoms with Gasteiger partial charge in [-0.05, 0) is 43.4 Å². The van der Waals surface area contributed by atoms with E-state index in [1.165, 1.54) is 41.2 Å². The number of hydrogen-bond donors (Lipinski definition) is 1. The summed E-state index contributed by atoms with van der Waals surface area (Å²) >= 11 is 0. The second-order valence-electron chi connectivity index (χ2n) is 6.05. The summed E-state index contributed by atoms with van der Waals surface area (Å²) in [5.74, 6) is -0.967. The number of rotatable bonds is 3. The highest BCUT2D eigenvalue weighted by Gasteiger charge is 2.21. The molecule has 1 aliphatic carbocycles. The molecule has 0 amide bonds. The van der Waals surface area contributed by atoms with Gasteiger partial charge < -0.3 is 9.67 Å². The molecule has 0 spiro atoms. The van der Waals surface area contributed by atoms with E-state index in [2.05, 4.69) is 27.8 Å². The smallest absolute Gasteiger partial charge is 0.354 e. The fourth-order valence-electron chi connectivity index (χ4n) is 3.70. The topological polar surface area (TPSA) is 55.1 Å². The Bertz CT molecular complexity index is 896. The molecule has 23 heavy (non-hydrogen) atoms. The number of carbonyl (C=O) groups is 1. The van der Waals surface area contributed by atoms with Crippen LogP contribution >= 0.6 is 0 Å². The summed E-state index contributed by atoms with van der Waals surface area (Å²) in [7, 11) is 0. The van der Waals surface area contributed by atoms with Crippen LogP contribution in [0.5, 0.6) is 0 Å². The SMILES string of the molecule is O=C(O)c1ncccc1Cn1c2c(c3ccccc31)CCCC2. The molecule has 0 saturated heterocycles. The lowest BCUT2D eigenvalue weighted by Crippen LogP contribution is -2.13. The summed E-state index contributed by atoms with van der Waals surface area (Å²) in [5, 5.41) is 10.7. The van der Waals surface area contributed by atoms with Crippen LogP contribution in [0.4, 0.5) is 0 Å². The van der Waals surface area contributed by atoms with Gasteiger partial charge in [0, 0.05) is 28.4 Å². The highest BCUT2D eigenvalue weighted by atomic mass is 16.4. The number of para-hydroxylation sites is 1. The molecule has 0 radical (unpaired) electrons. The van der Waals surface area contributed by atoms with Crippen LogP contribution in [-0.2, 0) is 19.4 Å². The predicted octanol–water partition coefficient (Wildman–Crippen LogP) is 3.66.